The number of hydrogen-bond acceptors (Lipinski definition) is 4. The number of nitrogens with zero attached hydrogens (tertiary/aromatic N) is 2. The zero-order valence-corrected chi connectivity index (χ0v) is 18.8. The number of benzene rings is 3. The number of aromatic nitrogens is 1. The summed E-state index contributed by atoms with van der Waals surface area (Å²) in [5, 5.41) is 0.752. The van der Waals surface area contributed by atoms with Gasteiger partial charge in [-0.2, -0.15) is 0 Å². The summed E-state index contributed by atoms with van der Waals surface area (Å²) in [6, 6.07) is 24.6. The van der Waals surface area contributed by atoms with E-state index in [0.29, 0.717) is 13.0 Å². The van der Waals surface area contributed by atoms with Crippen LogP contribution in [0.5, 0.6) is 0 Å². The Morgan fingerprint density at radius 1 is 1.00 bits per heavy atom. The molecule has 0 saturated heterocycles. The normalized spacial score (nSPS) is 11.0. The lowest BCUT2D eigenvalue weighted by atomic mass is 10.1. The lowest BCUT2D eigenvalue weighted by molar-refractivity contribution is -0.118. The van der Waals surface area contributed by atoms with Gasteiger partial charge in [0.15, 0.2) is 5.13 Å². The maximum atomic E-state index is 13.4. The number of hydrogen-bond donors (Lipinski definition) is 0. The number of carbonyl (C=O) groups excluding carboxylic acids is 1. The van der Waals surface area contributed by atoms with Gasteiger partial charge in [-0.25, -0.2) is 4.98 Å². The van der Waals surface area contributed by atoms with E-state index in [0.717, 1.165) is 32.2 Å². The van der Waals surface area contributed by atoms with Gasteiger partial charge in [0.25, 0.3) is 0 Å². The molecule has 0 spiro atoms. The highest BCUT2D eigenvalue weighted by Crippen LogP contribution is 2.31. The third kappa shape index (κ3) is 4.91. The summed E-state index contributed by atoms with van der Waals surface area (Å²) in [6.45, 7) is 4.73. The van der Waals surface area contributed by atoms with Gasteiger partial charge >= 0.3 is 0 Å². The fourth-order valence-corrected chi connectivity index (χ4v) is 5.05. The molecular formula is C25H24N2OS2. The van der Waals surface area contributed by atoms with Crippen LogP contribution in [-0.2, 0) is 17.8 Å². The number of rotatable bonds is 7. The largest absolute Gasteiger partial charge is 0.283 e. The lowest BCUT2D eigenvalue weighted by Gasteiger charge is -2.20. The molecule has 0 aliphatic rings. The van der Waals surface area contributed by atoms with Crippen molar-refractivity contribution in [3.05, 3.63) is 89.5 Å². The lowest BCUT2D eigenvalue weighted by Crippen LogP contribution is -2.31. The minimum Gasteiger partial charge on any atom is -0.283 e. The third-order valence-corrected chi connectivity index (χ3v) is 6.77. The second-order valence-corrected chi connectivity index (χ2v) is 9.53. The summed E-state index contributed by atoms with van der Waals surface area (Å²) in [5.41, 5.74) is 4.25. The molecule has 0 aliphatic carbocycles. The first-order valence-corrected chi connectivity index (χ1v) is 11.9. The molecule has 0 aliphatic heterocycles. The Kier molecular flexibility index (Phi) is 6.50. The van der Waals surface area contributed by atoms with Gasteiger partial charge < -0.3 is 0 Å². The van der Waals surface area contributed by atoms with Gasteiger partial charge in [0.05, 0.1) is 23.2 Å². The Hall–Kier alpha value is -2.63. The van der Waals surface area contributed by atoms with E-state index in [4.69, 9.17) is 4.98 Å². The molecule has 0 bridgehead atoms. The number of thioether (sulfide) groups is 1. The van der Waals surface area contributed by atoms with E-state index in [1.165, 1.54) is 10.5 Å². The SMILES string of the molecule is CCSc1ccc(CC(=O)N(Cc2ccccc2)c2nc3ccc(C)cc3s2)cc1. The number of carbonyl (C=O) groups is 1. The number of anilines is 1. The Bertz CT molecular complexity index is 1140. The van der Waals surface area contributed by atoms with Crippen molar-refractivity contribution in [1.29, 1.82) is 0 Å². The zero-order valence-electron chi connectivity index (χ0n) is 17.2. The van der Waals surface area contributed by atoms with Crippen molar-refractivity contribution in [2.24, 2.45) is 0 Å². The topological polar surface area (TPSA) is 33.2 Å². The highest BCUT2D eigenvalue weighted by atomic mass is 32.2. The van der Waals surface area contributed by atoms with Crippen LogP contribution in [0.25, 0.3) is 10.2 Å². The van der Waals surface area contributed by atoms with Gasteiger partial charge in [-0.05, 0) is 53.6 Å². The van der Waals surface area contributed by atoms with Crippen LogP contribution in [0.1, 0.15) is 23.6 Å². The average Bonchev–Trinajstić information content (AvgIpc) is 3.17. The Balaban J connectivity index is 1.62. The number of fused-ring (bicyclic) bond motifs is 1. The molecule has 4 aromatic rings. The summed E-state index contributed by atoms with van der Waals surface area (Å²) in [5.74, 6) is 1.10. The second kappa shape index (κ2) is 9.45. The minimum atomic E-state index is 0.0607. The van der Waals surface area contributed by atoms with E-state index in [9.17, 15) is 4.79 Å². The standard InChI is InChI=1S/C25H24N2OS2/c1-3-29-21-12-10-19(11-13-21)16-24(28)27(17-20-7-5-4-6-8-20)25-26-22-14-9-18(2)15-23(22)30-25/h4-15H,3,16-17H2,1-2H3. The molecule has 0 saturated carbocycles. The van der Waals surface area contributed by atoms with E-state index < -0.39 is 0 Å². The molecule has 3 aromatic carbocycles. The monoisotopic (exact) mass is 432 g/mol. The van der Waals surface area contributed by atoms with E-state index in [1.54, 1.807) is 11.3 Å². The number of amides is 1. The highest BCUT2D eigenvalue weighted by Gasteiger charge is 2.20. The van der Waals surface area contributed by atoms with Gasteiger partial charge in [-0.1, -0.05) is 66.8 Å². The fraction of sp³-hybridized carbons (Fsp3) is 0.200. The molecule has 0 N–H and O–H groups in total. The smallest absolute Gasteiger partial charge is 0.233 e. The van der Waals surface area contributed by atoms with Crippen LogP contribution in [0.15, 0.2) is 77.7 Å². The molecule has 0 unspecified atom stereocenters. The summed E-state index contributed by atoms with van der Waals surface area (Å²) in [6.07, 6.45) is 0.360. The first-order chi connectivity index (χ1) is 14.6. The van der Waals surface area contributed by atoms with Gasteiger partial charge in [0.1, 0.15) is 0 Å². The first kappa shape index (κ1) is 20.6. The zero-order chi connectivity index (χ0) is 20.9. The summed E-state index contributed by atoms with van der Waals surface area (Å²) < 4.78 is 1.11. The highest BCUT2D eigenvalue weighted by molar-refractivity contribution is 7.99. The second-order valence-electron chi connectivity index (χ2n) is 7.19. The molecule has 3 nitrogen and oxygen atoms in total. The van der Waals surface area contributed by atoms with E-state index in [2.05, 4.69) is 62.4 Å². The molecule has 1 aromatic heterocycles. The molecule has 152 valence electrons. The maximum Gasteiger partial charge on any atom is 0.233 e. The Morgan fingerprint density at radius 3 is 2.50 bits per heavy atom. The van der Waals surface area contributed by atoms with Crippen LogP contribution < -0.4 is 4.90 Å². The minimum absolute atomic E-state index is 0.0607. The van der Waals surface area contributed by atoms with Crippen molar-refractivity contribution < 1.29 is 4.79 Å². The van der Waals surface area contributed by atoms with Crippen molar-refractivity contribution >= 4 is 44.4 Å². The van der Waals surface area contributed by atoms with Crippen molar-refractivity contribution in [2.75, 3.05) is 10.7 Å². The van der Waals surface area contributed by atoms with Crippen molar-refractivity contribution in [2.45, 2.75) is 31.7 Å². The molecule has 0 radical (unpaired) electrons. The van der Waals surface area contributed by atoms with Gasteiger partial charge in [0.2, 0.25) is 5.91 Å². The third-order valence-electron chi connectivity index (χ3n) is 4.84. The van der Waals surface area contributed by atoms with E-state index in [-0.39, 0.29) is 5.91 Å². The maximum absolute atomic E-state index is 13.4. The van der Waals surface area contributed by atoms with Crippen molar-refractivity contribution in [3.8, 4) is 0 Å². The quantitative estimate of drug-likeness (QED) is 0.313. The van der Waals surface area contributed by atoms with Gasteiger partial charge in [0, 0.05) is 4.90 Å². The van der Waals surface area contributed by atoms with Crippen LogP contribution in [0, 0.1) is 6.92 Å². The molecule has 30 heavy (non-hydrogen) atoms. The number of thiazole rings is 1. The van der Waals surface area contributed by atoms with Gasteiger partial charge in [-0.3, -0.25) is 9.69 Å². The van der Waals surface area contributed by atoms with Gasteiger partial charge in [-0.15, -0.1) is 11.8 Å². The summed E-state index contributed by atoms with van der Waals surface area (Å²) >= 11 is 3.39. The number of aryl methyl sites for hydroxylation is 1. The predicted molar refractivity (Wildman–Crippen MR) is 129 cm³/mol. The molecule has 4 rings (SSSR count). The molecule has 0 fully saturated rings. The summed E-state index contributed by atoms with van der Waals surface area (Å²) in [7, 11) is 0. The van der Waals surface area contributed by atoms with Crippen LogP contribution in [0.2, 0.25) is 0 Å². The average molecular weight is 433 g/mol. The van der Waals surface area contributed by atoms with Crippen LogP contribution in [0.4, 0.5) is 5.13 Å². The Morgan fingerprint density at radius 2 is 1.77 bits per heavy atom. The van der Waals surface area contributed by atoms with Crippen molar-refractivity contribution in [1.82, 2.24) is 4.98 Å². The molecule has 5 heteroatoms. The molecule has 0 atom stereocenters. The Labute approximate surface area is 185 Å². The van der Waals surface area contributed by atoms with Crippen LogP contribution in [-0.4, -0.2) is 16.6 Å². The molecular weight excluding hydrogens is 408 g/mol. The summed E-state index contributed by atoms with van der Waals surface area (Å²) in [4.78, 5) is 21.2. The first-order valence-electron chi connectivity index (χ1n) is 10.1. The van der Waals surface area contributed by atoms with Crippen molar-refractivity contribution in [3.63, 3.8) is 0 Å². The molecule has 1 heterocycles. The predicted octanol–water partition coefficient (Wildman–Crippen LogP) is 6.49. The van der Waals surface area contributed by atoms with E-state index >= 15 is 0 Å². The fourth-order valence-electron chi connectivity index (χ4n) is 3.30. The van der Waals surface area contributed by atoms with Crippen LogP contribution in [0.3, 0.4) is 0 Å². The molecule has 1 amide bonds. The van der Waals surface area contributed by atoms with E-state index in [1.807, 2.05) is 40.9 Å². The van der Waals surface area contributed by atoms with Crippen LogP contribution >= 0.6 is 23.1 Å².